The summed E-state index contributed by atoms with van der Waals surface area (Å²) in [6, 6.07) is 4.51. The first-order valence-electron chi connectivity index (χ1n) is 11.7. The van der Waals surface area contributed by atoms with Crippen molar-refractivity contribution in [3.05, 3.63) is 46.6 Å². The zero-order valence-electron chi connectivity index (χ0n) is 19.9. The third-order valence-electron chi connectivity index (χ3n) is 4.97. The topological polar surface area (TPSA) is 18.5 Å². The van der Waals surface area contributed by atoms with Gasteiger partial charge in [-0.05, 0) is 83.4 Å². The van der Waals surface area contributed by atoms with Gasteiger partial charge in [0.05, 0.1) is 13.2 Å². The summed E-state index contributed by atoms with van der Waals surface area (Å²) in [6.45, 7) is 14.6. The average Bonchev–Trinajstić information content (AvgIpc) is 2.69. The normalized spacial score (nSPS) is 11.4. The molecule has 1 rings (SSSR count). The number of ether oxygens (including phenoxy) is 2. The molecular formula is C27H44O2. The van der Waals surface area contributed by atoms with Gasteiger partial charge in [0.25, 0.3) is 0 Å². The van der Waals surface area contributed by atoms with Gasteiger partial charge < -0.3 is 9.47 Å². The summed E-state index contributed by atoms with van der Waals surface area (Å²) < 4.78 is 12.4. The molecule has 0 atom stereocenters. The van der Waals surface area contributed by atoms with Crippen molar-refractivity contribution in [2.45, 2.75) is 99.3 Å². The Labute approximate surface area is 180 Å². The third kappa shape index (κ3) is 10.6. The first-order chi connectivity index (χ1) is 14.0. The highest BCUT2D eigenvalue weighted by molar-refractivity contribution is 5.49. The Kier molecular flexibility index (Phi) is 13.3. The van der Waals surface area contributed by atoms with Gasteiger partial charge in [-0.25, -0.2) is 0 Å². The highest BCUT2D eigenvalue weighted by Gasteiger charge is 2.13. The van der Waals surface area contributed by atoms with Crippen LogP contribution in [0.15, 0.2) is 35.4 Å². The second kappa shape index (κ2) is 15.2. The van der Waals surface area contributed by atoms with E-state index in [0.29, 0.717) is 0 Å². The van der Waals surface area contributed by atoms with E-state index in [1.54, 1.807) is 0 Å². The van der Waals surface area contributed by atoms with Gasteiger partial charge in [-0.2, -0.15) is 0 Å². The van der Waals surface area contributed by atoms with Gasteiger partial charge in [-0.15, -0.1) is 0 Å². The number of benzene rings is 1. The number of allylic oxidation sites excluding steroid dienone is 4. The average molecular weight is 401 g/mol. The summed E-state index contributed by atoms with van der Waals surface area (Å²) in [4.78, 5) is 0. The molecule has 2 nitrogen and oxygen atoms in total. The molecule has 1 aromatic carbocycles. The summed E-state index contributed by atoms with van der Waals surface area (Å²) in [7, 11) is 0. The molecule has 0 spiro atoms. The monoisotopic (exact) mass is 400 g/mol. The highest BCUT2D eigenvalue weighted by atomic mass is 16.5. The molecule has 0 radical (unpaired) electrons. The molecule has 0 bridgehead atoms. The molecule has 0 aliphatic carbocycles. The second-order valence-corrected chi connectivity index (χ2v) is 8.30. The minimum Gasteiger partial charge on any atom is -0.493 e. The summed E-state index contributed by atoms with van der Waals surface area (Å²) in [5.74, 6) is 2.03. The van der Waals surface area contributed by atoms with Gasteiger partial charge in [0.15, 0.2) is 0 Å². The number of hydrogen-bond donors (Lipinski definition) is 0. The lowest BCUT2D eigenvalue weighted by atomic mass is 10.00. The van der Waals surface area contributed by atoms with Crippen LogP contribution in [0.2, 0.25) is 0 Å². The Morgan fingerprint density at radius 2 is 1.45 bits per heavy atom. The molecule has 0 unspecified atom stereocenters. The van der Waals surface area contributed by atoms with Gasteiger partial charge in [0, 0.05) is 5.56 Å². The largest absolute Gasteiger partial charge is 0.493 e. The Balaban J connectivity index is 3.08. The van der Waals surface area contributed by atoms with Crippen LogP contribution in [-0.2, 0) is 12.8 Å². The zero-order chi connectivity index (χ0) is 21.5. The van der Waals surface area contributed by atoms with Crippen molar-refractivity contribution in [3.8, 4) is 11.5 Å². The number of rotatable bonds is 15. The van der Waals surface area contributed by atoms with Gasteiger partial charge in [0.1, 0.15) is 11.5 Å². The van der Waals surface area contributed by atoms with Crippen molar-refractivity contribution < 1.29 is 9.47 Å². The highest BCUT2D eigenvalue weighted by Crippen LogP contribution is 2.33. The fourth-order valence-corrected chi connectivity index (χ4v) is 3.25. The van der Waals surface area contributed by atoms with Crippen LogP contribution in [-0.4, -0.2) is 13.2 Å². The van der Waals surface area contributed by atoms with Crippen LogP contribution in [0, 0.1) is 0 Å². The standard InChI is InChI=1S/C27H44O2/c1-7-10-11-15-24-20-26(28-18-8-2)25(27(21-24)29-19-9-3)17-16-23(6)14-12-13-22(4)5/h13,16,20-21H,7-12,14-15,17-19H2,1-6H3/b23-16+. The van der Waals surface area contributed by atoms with Gasteiger partial charge in [0.2, 0.25) is 0 Å². The summed E-state index contributed by atoms with van der Waals surface area (Å²) >= 11 is 0. The van der Waals surface area contributed by atoms with E-state index in [0.717, 1.165) is 63.2 Å². The van der Waals surface area contributed by atoms with Crippen LogP contribution in [0.25, 0.3) is 0 Å². The summed E-state index contributed by atoms with van der Waals surface area (Å²) in [6.07, 6.45) is 14.6. The minimum atomic E-state index is 0.752. The van der Waals surface area contributed by atoms with E-state index < -0.39 is 0 Å². The smallest absolute Gasteiger partial charge is 0.126 e. The van der Waals surface area contributed by atoms with Crippen molar-refractivity contribution in [2.75, 3.05) is 13.2 Å². The van der Waals surface area contributed by atoms with Crippen LogP contribution in [0.3, 0.4) is 0 Å². The molecule has 0 amide bonds. The number of aryl methyl sites for hydroxylation is 1. The molecular weight excluding hydrogens is 356 g/mol. The molecule has 0 N–H and O–H groups in total. The van der Waals surface area contributed by atoms with Gasteiger partial charge in [-0.3, -0.25) is 0 Å². The Hall–Kier alpha value is -1.70. The molecule has 0 aromatic heterocycles. The van der Waals surface area contributed by atoms with E-state index in [9.17, 15) is 0 Å². The van der Waals surface area contributed by atoms with Crippen LogP contribution in [0.1, 0.15) is 97.6 Å². The van der Waals surface area contributed by atoms with Gasteiger partial charge >= 0.3 is 0 Å². The predicted octanol–water partition coefficient (Wildman–Crippen LogP) is 8.23. The Morgan fingerprint density at radius 3 is 1.97 bits per heavy atom. The quantitative estimate of drug-likeness (QED) is 0.218. The first kappa shape index (κ1) is 25.3. The molecule has 0 aliphatic heterocycles. The van der Waals surface area contributed by atoms with E-state index in [1.165, 1.54) is 41.5 Å². The second-order valence-electron chi connectivity index (χ2n) is 8.30. The third-order valence-corrected chi connectivity index (χ3v) is 4.97. The van der Waals surface area contributed by atoms with Crippen molar-refractivity contribution in [3.63, 3.8) is 0 Å². The van der Waals surface area contributed by atoms with Crippen LogP contribution in [0.4, 0.5) is 0 Å². The van der Waals surface area contributed by atoms with E-state index >= 15 is 0 Å². The van der Waals surface area contributed by atoms with Crippen molar-refractivity contribution in [1.29, 1.82) is 0 Å². The Morgan fingerprint density at radius 1 is 0.828 bits per heavy atom. The van der Waals surface area contributed by atoms with E-state index in [4.69, 9.17) is 9.47 Å². The fourth-order valence-electron chi connectivity index (χ4n) is 3.25. The molecule has 0 saturated heterocycles. The lowest BCUT2D eigenvalue weighted by molar-refractivity contribution is 0.296. The molecule has 0 fully saturated rings. The SMILES string of the molecule is CCCCCc1cc(OCCC)c(C/C=C(\C)CCC=C(C)C)c(OCCC)c1. The Bertz CT molecular complexity index is 607. The first-order valence-corrected chi connectivity index (χ1v) is 11.7. The molecule has 2 heteroatoms. The van der Waals surface area contributed by atoms with Crippen molar-refractivity contribution in [1.82, 2.24) is 0 Å². The van der Waals surface area contributed by atoms with Crippen LogP contribution >= 0.6 is 0 Å². The molecule has 0 saturated carbocycles. The molecule has 1 aromatic rings. The van der Waals surface area contributed by atoms with E-state index in [2.05, 4.69) is 65.8 Å². The maximum Gasteiger partial charge on any atom is 0.126 e. The molecule has 164 valence electrons. The predicted molar refractivity (Wildman–Crippen MR) is 127 cm³/mol. The van der Waals surface area contributed by atoms with E-state index in [-0.39, 0.29) is 0 Å². The lowest BCUT2D eigenvalue weighted by Gasteiger charge is -2.18. The molecule has 0 aliphatic rings. The number of hydrogen-bond acceptors (Lipinski definition) is 2. The van der Waals surface area contributed by atoms with Crippen LogP contribution < -0.4 is 9.47 Å². The molecule has 0 heterocycles. The lowest BCUT2D eigenvalue weighted by Crippen LogP contribution is -2.05. The van der Waals surface area contributed by atoms with Crippen LogP contribution in [0.5, 0.6) is 11.5 Å². The summed E-state index contributed by atoms with van der Waals surface area (Å²) in [5, 5.41) is 0. The maximum atomic E-state index is 6.18. The van der Waals surface area contributed by atoms with E-state index in [1.807, 2.05) is 0 Å². The fraction of sp³-hybridized carbons (Fsp3) is 0.630. The van der Waals surface area contributed by atoms with Crippen molar-refractivity contribution >= 4 is 0 Å². The number of unbranched alkanes of at least 4 members (excludes halogenated alkanes) is 2. The minimum absolute atomic E-state index is 0.752. The summed E-state index contributed by atoms with van der Waals surface area (Å²) in [5.41, 5.74) is 5.36. The maximum absolute atomic E-state index is 6.18. The van der Waals surface area contributed by atoms with Crippen molar-refractivity contribution in [2.24, 2.45) is 0 Å². The molecule has 29 heavy (non-hydrogen) atoms. The zero-order valence-corrected chi connectivity index (χ0v) is 19.9. The van der Waals surface area contributed by atoms with Gasteiger partial charge in [-0.1, -0.05) is 56.9 Å².